The van der Waals surface area contributed by atoms with Crippen LogP contribution in [0.15, 0.2) is 42.7 Å². The second-order valence-corrected chi connectivity index (χ2v) is 6.30. The number of benzene rings is 1. The van der Waals surface area contributed by atoms with Crippen LogP contribution >= 0.6 is 11.6 Å². The van der Waals surface area contributed by atoms with Crippen molar-refractivity contribution in [3.05, 3.63) is 53.3 Å². The summed E-state index contributed by atoms with van der Waals surface area (Å²) in [6, 6.07) is 9.50. The first-order valence-electron chi connectivity index (χ1n) is 8.20. The van der Waals surface area contributed by atoms with Gasteiger partial charge in [0.15, 0.2) is 0 Å². The lowest BCUT2D eigenvalue weighted by molar-refractivity contribution is -0.133. The summed E-state index contributed by atoms with van der Waals surface area (Å²) >= 11 is 5.93. The summed E-state index contributed by atoms with van der Waals surface area (Å²) in [7, 11) is 0. The number of carbonyl (C=O) groups is 1. The number of rotatable bonds is 6. The first-order chi connectivity index (χ1) is 11.7. The van der Waals surface area contributed by atoms with Gasteiger partial charge in [-0.2, -0.15) is 5.10 Å². The summed E-state index contributed by atoms with van der Waals surface area (Å²) in [5.41, 5.74) is 7.47. The molecule has 2 N–H and O–H groups in total. The predicted octanol–water partition coefficient (Wildman–Crippen LogP) is 1.99. The van der Waals surface area contributed by atoms with E-state index in [1.165, 1.54) is 0 Å². The highest BCUT2D eigenvalue weighted by molar-refractivity contribution is 6.30. The van der Waals surface area contributed by atoms with Crippen LogP contribution in [0, 0.1) is 0 Å². The van der Waals surface area contributed by atoms with E-state index in [1.54, 1.807) is 6.20 Å². The fraction of sp³-hybridized carbons (Fsp3) is 0.412. The number of amides is 1. The normalized spacial score (nSPS) is 20.2. The van der Waals surface area contributed by atoms with Gasteiger partial charge in [-0.05, 0) is 37.1 Å². The second-order valence-electron chi connectivity index (χ2n) is 5.87. The second kappa shape index (κ2) is 7.79. The molecule has 0 spiro atoms. The number of nitrogens with zero attached hydrogens (tertiary/aromatic N) is 3. The van der Waals surface area contributed by atoms with Crippen LogP contribution in [0.1, 0.15) is 24.9 Å². The zero-order valence-electron chi connectivity index (χ0n) is 13.7. The van der Waals surface area contributed by atoms with Crippen LogP contribution in [0.5, 0.6) is 0 Å². The van der Waals surface area contributed by atoms with Crippen molar-refractivity contribution in [2.75, 3.05) is 13.1 Å². The molecule has 24 heavy (non-hydrogen) atoms. The molecule has 6 nitrogen and oxygen atoms in total. The number of likely N-dealkylation sites (N-methyl/N-ethyl adjacent to an activating group) is 1. The molecule has 2 aromatic rings. The molecule has 0 radical (unpaired) electrons. The SMILES string of the molecule is CCN(CCn1cccn1)C(=O)C1CC(c2ccc(Cl)cc2)NN1. The Morgan fingerprint density at radius 3 is 2.83 bits per heavy atom. The van der Waals surface area contributed by atoms with Gasteiger partial charge in [0.1, 0.15) is 6.04 Å². The lowest BCUT2D eigenvalue weighted by atomic mass is 10.0. The molecule has 0 aliphatic carbocycles. The average molecular weight is 348 g/mol. The quantitative estimate of drug-likeness (QED) is 0.839. The Labute approximate surface area is 146 Å². The highest BCUT2D eigenvalue weighted by Gasteiger charge is 2.32. The molecule has 2 heterocycles. The number of hydrogen-bond donors (Lipinski definition) is 2. The zero-order valence-corrected chi connectivity index (χ0v) is 14.4. The van der Waals surface area contributed by atoms with E-state index in [1.807, 2.05) is 53.0 Å². The molecule has 0 saturated carbocycles. The summed E-state index contributed by atoms with van der Waals surface area (Å²) in [6.07, 6.45) is 4.38. The largest absolute Gasteiger partial charge is 0.340 e. The number of halogens is 1. The summed E-state index contributed by atoms with van der Waals surface area (Å²) in [4.78, 5) is 14.6. The van der Waals surface area contributed by atoms with Crippen LogP contribution in [0.4, 0.5) is 0 Å². The fourth-order valence-corrected chi connectivity index (χ4v) is 3.06. The minimum Gasteiger partial charge on any atom is -0.340 e. The van der Waals surface area contributed by atoms with Gasteiger partial charge in [-0.3, -0.25) is 9.48 Å². The van der Waals surface area contributed by atoms with E-state index < -0.39 is 0 Å². The Morgan fingerprint density at radius 2 is 2.17 bits per heavy atom. The highest BCUT2D eigenvalue weighted by Crippen LogP contribution is 2.24. The lowest BCUT2D eigenvalue weighted by Gasteiger charge is -2.24. The first kappa shape index (κ1) is 17.0. The molecular weight excluding hydrogens is 326 g/mol. The summed E-state index contributed by atoms with van der Waals surface area (Å²) in [6.45, 7) is 4.04. The van der Waals surface area contributed by atoms with Crippen molar-refractivity contribution in [2.45, 2.75) is 32.0 Å². The molecule has 3 rings (SSSR count). The van der Waals surface area contributed by atoms with Crippen LogP contribution in [-0.4, -0.2) is 39.7 Å². The molecule has 1 saturated heterocycles. The smallest absolute Gasteiger partial charge is 0.241 e. The number of hydrogen-bond acceptors (Lipinski definition) is 4. The van der Waals surface area contributed by atoms with Crippen LogP contribution in [0.2, 0.25) is 5.02 Å². The summed E-state index contributed by atoms with van der Waals surface area (Å²) in [5, 5.41) is 4.89. The van der Waals surface area contributed by atoms with E-state index in [-0.39, 0.29) is 18.0 Å². The van der Waals surface area contributed by atoms with Gasteiger partial charge in [0.25, 0.3) is 0 Å². The molecule has 2 unspecified atom stereocenters. The topological polar surface area (TPSA) is 62.2 Å². The summed E-state index contributed by atoms with van der Waals surface area (Å²) < 4.78 is 1.84. The van der Waals surface area contributed by atoms with Gasteiger partial charge in [0, 0.05) is 36.5 Å². The molecule has 2 atom stereocenters. The highest BCUT2D eigenvalue weighted by atomic mass is 35.5. The number of hydrazine groups is 1. The zero-order chi connectivity index (χ0) is 16.9. The molecule has 0 bridgehead atoms. The standard InChI is InChI=1S/C17H22ClN5O/c1-2-22(10-11-23-9-3-8-19-23)17(24)16-12-15(20-21-16)13-4-6-14(18)7-5-13/h3-9,15-16,20-21H,2,10-12H2,1H3. The van der Waals surface area contributed by atoms with Gasteiger partial charge in [-0.25, -0.2) is 10.9 Å². The molecule has 1 aromatic heterocycles. The van der Waals surface area contributed by atoms with Gasteiger partial charge >= 0.3 is 0 Å². The third-order valence-electron chi connectivity index (χ3n) is 4.33. The van der Waals surface area contributed by atoms with Crippen LogP contribution < -0.4 is 10.9 Å². The number of nitrogens with one attached hydrogen (secondary N) is 2. The Balaban J connectivity index is 1.57. The van der Waals surface area contributed by atoms with Gasteiger partial charge in [0.2, 0.25) is 5.91 Å². The maximum Gasteiger partial charge on any atom is 0.241 e. The number of carbonyl (C=O) groups excluding carboxylic acids is 1. The molecule has 7 heteroatoms. The molecule has 128 valence electrons. The lowest BCUT2D eigenvalue weighted by Crippen LogP contribution is -2.46. The predicted molar refractivity (Wildman–Crippen MR) is 93.4 cm³/mol. The van der Waals surface area contributed by atoms with Crippen molar-refractivity contribution < 1.29 is 4.79 Å². The molecular formula is C17H22ClN5O. The number of aromatic nitrogens is 2. The Bertz CT molecular complexity index is 658. The fourth-order valence-electron chi connectivity index (χ4n) is 2.93. The van der Waals surface area contributed by atoms with Crippen molar-refractivity contribution in [3.63, 3.8) is 0 Å². The van der Waals surface area contributed by atoms with Gasteiger partial charge < -0.3 is 4.90 Å². The van der Waals surface area contributed by atoms with Gasteiger partial charge in [-0.1, -0.05) is 23.7 Å². The molecule has 1 aliphatic rings. The van der Waals surface area contributed by atoms with Gasteiger partial charge in [0.05, 0.1) is 6.54 Å². The van der Waals surface area contributed by atoms with Gasteiger partial charge in [-0.15, -0.1) is 0 Å². The first-order valence-corrected chi connectivity index (χ1v) is 8.58. The van der Waals surface area contributed by atoms with E-state index in [0.717, 1.165) is 12.0 Å². The van der Waals surface area contributed by atoms with Crippen LogP contribution in [-0.2, 0) is 11.3 Å². The third-order valence-corrected chi connectivity index (χ3v) is 4.58. The third kappa shape index (κ3) is 3.95. The maximum atomic E-state index is 12.7. The van der Waals surface area contributed by atoms with E-state index in [9.17, 15) is 4.79 Å². The van der Waals surface area contributed by atoms with Crippen molar-refractivity contribution in [2.24, 2.45) is 0 Å². The average Bonchev–Trinajstić information content (AvgIpc) is 3.27. The van der Waals surface area contributed by atoms with Crippen molar-refractivity contribution in [3.8, 4) is 0 Å². The van der Waals surface area contributed by atoms with E-state index in [4.69, 9.17) is 11.6 Å². The Kier molecular flexibility index (Phi) is 5.50. The maximum absolute atomic E-state index is 12.7. The molecule has 1 aliphatic heterocycles. The minimum absolute atomic E-state index is 0.112. The molecule has 1 fully saturated rings. The van der Waals surface area contributed by atoms with Crippen LogP contribution in [0.25, 0.3) is 0 Å². The van der Waals surface area contributed by atoms with Crippen molar-refractivity contribution >= 4 is 17.5 Å². The minimum atomic E-state index is -0.219. The monoisotopic (exact) mass is 347 g/mol. The Hall–Kier alpha value is -1.89. The van der Waals surface area contributed by atoms with E-state index in [0.29, 0.717) is 24.7 Å². The Morgan fingerprint density at radius 1 is 1.38 bits per heavy atom. The molecule has 1 amide bonds. The van der Waals surface area contributed by atoms with E-state index in [2.05, 4.69) is 16.0 Å². The van der Waals surface area contributed by atoms with Crippen molar-refractivity contribution in [1.29, 1.82) is 0 Å². The van der Waals surface area contributed by atoms with Crippen LogP contribution in [0.3, 0.4) is 0 Å². The summed E-state index contributed by atoms with van der Waals surface area (Å²) in [5.74, 6) is 0.119. The van der Waals surface area contributed by atoms with E-state index >= 15 is 0 Å². The molecule has 1 aromatic carbocycles. The van der Waals surface area contributed by atoms with Crippen molar-refractivity contribution in [1.82, 2.24) is 25.5 Å².